The number of nitro groups is 1. The summed E-state index contributed by atoms with van der Waals surface area (Å²) in [4.78, 5) is 49.2. The van der Waals surface area contributed by atoms with Crippen molar-refractivity contribution >= 4 is 23.5 Å². The first-order valence-electron chi connectivity index (χ1n) is 9.55. The van der Waals surface area contributed by atoms with Crippen LogP contribution in [0.3, 0.4) is 0 Å². The number of carbonyl (C=O) groups is 3. The number of benzene rings is 1. The highest BCUT2D eigenvalue weighted by molar-refractivity contribution is 6.03. The van der Waals surface area contributed by atoms with Crippen molar-refractivity contribution in [2.45, 2.75) is 72.6 Å². The third-order valence-corrected chi connectivity index (χ3v) is 3.94. The van der Waals surface area contributed by atoms with Crippen LogP contribution < -0.4 is 10.6 Å². The van der Waals surface area contributed by atoms with Gasteiger partial charge in [0.15, 0.2) is 0 Å². The van der Waals surface area contributed by atoms with Crippen molar-refractivity contribution in [2.24, 2.45) is 5.41 Å². The fourth-order valence-electron chi connectivity index (χ4n) is 2.41. The van der Waals surface area contributed by atoms with E-state index in [0.29, 0.717) is 0 Å². The second kappa shape index (κ2) is 8.81. The lowest BCUT2D eigenvalue weighted by Crippen LogP contribution is -2.51. The first-order chi connectivity index (χ1) is 13.5. The number of hydrogen-bond donors (Lipinski definition) is 2. The minimum atomic E-state index is -1.63. The Kier molecular flexibility index (Phi) is 7.36. The summed E-state index contributed by atoms with van der Waals surface area (Å²) in [5.41, 5.74) is -3.34. The third kappa shape index (κ3) is 6.82. The summed E-state index contributed by atoms with van der Waals surface area (Å²) in [7, 11) is 0. The molecule has 1 unspecified atom stereocenters. The van der Waals surface area contributed by atoms with Gasteiger partial charge in [-0.3, -0.25) is 24.5 Å². The molecule has 0 radical (unpaired) electrons. The van der Waals surface area contributed by atoms with Crippen LogP contribution in [0, 0.1) is 15.5 Å². The smallest absolute Gasteiger partial charge is 0.322 e. The van der Waals surface area contributed by atoms with Gasteiger partial charge in [0.05, 0.1) is 10.5 Å². The van der Waals surface area contributed by atoms with Gasteiger partial charge in [-0.25, -0.2) is 0 Å². The van der Waals surface area contributed by atoms with Gasteiger partial charge >= 0.3 is 5.97 Å². The zero-order chi connectivity index (χ0) is 23.5. The molecule has 0 aliphatic rings. The van der Waals surface area contributed by atoms with E-state index in [-0.39, 0.29) is 11.3 Å². The van der Waals surface area contributed by atoms with E-state index in [1.54, 1.807) is 41.5 Å². The van der Waals surface area contributed by atoms with E-state index < -0.39 is 45.3 Å². The number of rotatable bonds is 6. The monoisotopic (exact) mass is 421 g/mol. The molecule has 1 aromatic rings. The van der Waals surface area contributed by atoms with E-state index in [1.165, 1.54) is 38.1 Å². The van der Waals surface area contributed by atoms with E-state index >= 15 is 0 Å². The van der Waals surface area contributed by atoms with Gasteiger partial charge in [0.1, 0.15) is 5.41 Å². The Morgan fingerprint density at radius 3 is 1.90 bits per heavy atom. The topological polar surface area (TPSA) is 128 Å². The maximum atomic E-state index is 12.9. The number of nitro benzene ring substituents is 1. The Balaban J connectivity index is 3.34. The fraction of sp³-hybridized carbons (Fsp3) is 0.571. The molecule has 0 aromatic heterocycles. The Labute approximate surface area is 176 Å². The van der Waals surface area contributed by atoms with Crippen LogP contribution in [-0.2, 0) is 19.1 Å². The molecule has 1 atom stereocenters. The first-order valence-corrected chi connectivity index (χ1v) is 9.55. The average Bonchev–Trinajstić information content (AvgIpc) is 2.56. The highest BCUT2D eigenvalue weighted by Crippen LogP contribution is 2.31. The molecule has 30 heavy (non-hydrogen) atoms. The molecule has 0 saturated heterocycles. The zero-order valence-electron chi connectivity index (χ0n) is 18.8. The van der Waals surface area contributed by atoms with Crippen LogP contribution in [0.15, 0.2) is 24.3 Å². The van der Waals surface area contributed by atoms with E-state index in [2.05, 4.69) is 10.6 Å². The van der Waals surface area contributed by atoms with Gasteiger partial charge < -0.3 is 15.4 Å². The number of ether oxygens (including phenoxy) is 1. The third-order valence-electron chi connectivity index (χ3n) is 3.94. The molecule has 2 N–H and O–H groups in total. The molecule has 0 spiro atoms. The predicted octanol–water partition coefficient (Wildman–Crippen LogP) is 3.03. The number of nitrogens with zero attached hydrogens (tertiary/aromatic N) is 1. The van der Waals surface area contributed by atoms with Crippen LogP contribution >= 0.6 is 0 Å². The minimum Gasteiger partial charge on any atom is -0.446 e. The SMILES string of the molecule is CC(C)(C)NC(=O)C(OC(=O)C(C)(C)C(=O)NC(C)(C)C)c1ccccc1[N+](=O)[O-]. The predicted molar refractivity (Wildman–Crippen MR) is 112 cm³/mol. The number of nitrogens with one attached hydrogen (secondary N) is 2. The molecule has 9 nitrogen and oxygen atoms in total. The fourth-order valence-corrected chi connectivity index (χ4v) is 2.41. The molecule has 166 valence electrons. The molecule has 2 amide bonds. The van der Waals surface area contributed by atoms with Gasteiger partial charge in [0.25, 0.3) is 11.6 Å². The lowest BCUT2D eigenvalue weighted by atomic mass is 9.90. The minimum absolute atomic E-state index is 0.0790. The molecule has 0 fully saturated rings. The van der Waals surface area contributed by atoms with Crippen LogP contribution in [0.5, 0.6) is 0 Å². The van der Waals surface area contributed by atoms with Gasteiger partial charge in [0.2, 0.25) is 12.0 Å². The molecule has 0 aliphatic heterocycles. The summed E-state index contributed by atoms with van der Waals surface area (Å²) >= 11 is 0. The van der Waals surface area contributed by atoms with Gasteiger partial charge in [-0.2, -0.15) is 0 Å². The lowest BCUT2D eigenvalue weighted by molar-refractivity contribution is -0.386. The maximum Gasteiger partial charge on any atom is 0.322 e. The first kappa shape index (κ1) is 25.1. The van der Waals surface area contributed by atoms with E-state index in [0.717, 1.165) is 0 Å². The molecule has 1 aromatic carbocycles. The Morgan fingerprint density at radius 2 is 1.43 bits per heavy atom. The van der Waals surface area contributed by atoms with Crippen molar-refractivity contribution in [3.8, 4) is 0 Å². The standard InChI is InChI=1S/C21H31N3O6/c1-19(2,3)22-16(25)15(13-11-9-10-12-14(13)24(28)29)30-18(27)21(7,8)17(26)23-20(4,5)6/h9-12,15H,1-8H3,(H,22,25)(H,23,26). The highest BCUT2D eigenvalue weighted by atomic mass is 16.6. The van der Waals surface area contributed by atoms with Crippen molar-refractivity contribution in [3.05, 3.63) is 39.9 Å². The van der Waals surface area contributed by atoms with Crippen molar-refractivity contribution in [1.82, 2.24) is 10.6 Å². The molecular weight excluding hydrogens is 390 g/mol. The van der Waals surface area contributed by atoms with Gasteiger partial charge in [-0.05, 0) is 61.5 Å². The van der Waals surface area contributed by atoms with Gasteiger partial charge in [-0.15, -0.1) is 0 Å². The molecule has 0 bridgehead atoms. The van der Waals surface area contributed by atoms with Crippen LogP contribution in [0.2, 0.25) is 0 Å². The van der Waals surface area contributed by atoms with Crippen LogP contribution in [-0.4, -0.2) is 33.8 Å². The number of esters is 1. The normalized spacial score (nSPS) is 13.2. The summed E-state index contributed by atoms with van der Waals surface area (Å²) < 4.78 is 5.42. The average molecular weight is 421 g/mol. The number of hydrogen-bond acceptors (Lipinski definition) is 6. The van der Waals surface area contributed by atoms with Gasteiger partial charge in [-0.1, -0.05) is 12.1 Å². The van der Waals surface area contributed by atoms with E-state index in [4.69, 9.17) is 4.74 Å². The van der Waals surface area contributed by atoms with Crippen molar-refractivity contribution in [1.29, 1.82) is 0 Å². The number of amides is 2. The van der Waals surface area contributed by atoms with Crippen molar-refractivity contribution in [3.63, 3.8) is 0 Å². The Bertz CT molecular complexity index is 834. The second-order valence-electron chi connectivity index (χ2n) is 9.67. The van der Waals surface area contributed by atoms with Crippen LogP contribution in [0.25, 0.3) is 0 Å². The lowest BCUT2D eigenvalue weighted by Gasteiger charge is -2.30. The summed E-state index contributed by atoms with van der Waals surface area (Å²) in [6.07, 6.45) is -1.60. The van der Waals surface area contributed by atoms with Crippen molar-refractivity contribution < 1.29 is 24.0 Å². The quantitative estimate of drug-likeness (QED) is 0.314. The van der Waals surface area contributed by atoms with Crippen LogP contribution in [0.1, 0.15) is 67.1 Å². The molecule has 1 rings (SSSR count). The number of carbonyl (C=O) groups excluding carboxylic acids is 3. The largest absolute Gasteiger partial charge is 0.446 e. The molecule has 9 heteroatoms. The van der Waals surface area contributed by atoms with Crippen LogP contribution in [0.4, 0.5) is 5.69 Å². The summed E-state index contributed by atoms with van der Waals surface area (Å²) in [6.45, 7) is 13.2. The van der Waals surface area contributed by atoms with E-state index in [9.17, 15) is 24.5 Å². The second-order valence-corrected chi connectivity index (χ2v) is 9.67. The molecule has 0 heterocycles. The maximum absolute atomic E-state index is 12.9. The Morgan fingerprint density at radius 1 is 0.933 bits per heavy atom. The Hall–Kier alpha value is -2.97. The van der Waals surface area contributed by atoms with E-state index in [1.807, 2.05) is 0 Å². The summed E-state index contributed by atoms with van der Waals surface area (Å²) in [5.74, 6) is -2.29. The summed E-state index contributed by atoms with van der Waals surface area (Å²) in [5, 5.41) is 16.8. The summed E-state index contributed by atoms with van der Waals surface area (Å²) in [6, 6.07) is 5.52. The molecule has 0 aliphatic carbocycles. The number of para-hydroxylation sites is 1. The highest BCUT2D eigenvalue weighted by Gasteiger charge is 2.43. The molecular formula is C21H31N3O6. The zero-order valence-corrected chi connectivity index (χ0v) is 18.8. The van der Waals surface area contributed by atoms with Crippen molar-refractivity contribution in [2.75, 3.05) is 0 Å². The van der Waals surface area contributed by atoms with Gasteiger partial charge in [0, 0.05) is 17.1 Å². The molecule has 0 saturated carbocycles.